The number of nitrogens with zero attached hydrogens (tertiary/aromatic N) is 1. The summed E-state index contributed by atoms with van der Waals surface area (Å²) in [6.45, 7) is 1.96. The Morgan fingerprint density at radius 2 is 1.59 bits per heavy atom. The summed E-state index contributed by atoms with van der Waals surface area (Å²) < 4.78 is 13.4. The highest BCUT2D eigenvalue weighted by Gasteiger charge is 2.40. The van der Waals surface area contributed by atoms with Crippen molar-refractivity contribution in [3.8, 4) is 0 Å². The second-order valence-corrected chi connectivity index (χ2v) is 7.11. The molecule has 4 rings (SSSR count). The van der Waals surface area contributed by atoms with Crippen molar-refractivity contribution in [2.24, 2.45) is 0 Å². The number of nitrogens with one attached hydrogen (secondary N) is 1. The Morgan fingerprint density at radius 1 is 0.897 bits per heavy atom. The van der Waals surface area contributed by atoms with Crippen molar-refractivity contribution in [3.63, 3.8) is 0 Å². The Morgan fingerprint density at radius 3 is 2.24 bits per heavy atom. The Bertz CT molecular complexity index is 1140. The fourth-order valence-corrected chi connectivity index (χ4v) is 3.35. The van der Waals surface area contributed by atoms with E-state index < -0.39 is 17.6 Å². The highest BCUT2D eigenvalue weighted by atomic mass is 35.5. The van der Waals surface area contributed by atoms with Crippen LogP contribution in [0.2, 0.25) is 5.02 Å². The van der Waals surface area contributed by atoms with E-state index in [1.54, 1.807) is 24.3 Å². The van der Waals surface area contributed by atoms with Crippen LogP contribution in [0.15, 0.2) is 78.5 Å². The minimum Gasteiger partial charge on any atom is -0.350 e. The number of rotatable bonds is 4. The highest BCUT2D eigenvalue weighted by molar-refractivity contribution is 6.46. The first-order valence-electron chi connectivity index (χ1n) is 8.92. The largest absolute Gasteiger partial charge is 0.350 e. The number of halogens is 2. The van der Waals surface area contributed by atoms with Crippen LogP contribution in [0.3, 0.4) is 0 Å². The van der Waals surface area contributed by atoms with Crippen LogP contribution in [0.25, 0.3) is 5.57 Å². The van der Waals surface area contributed by atoms with E-state index in [1.165, 1.54) is 24.3 Å². The van der Waals surface area contributed by atoms with Crippen molar-refractivity contribution in [2.75, 3.05) is 10.2 Å². The summed E-state index contributed by atoms with van der Waals surface area (Å²) >= 11 is 6.05. The first kappa shape index (κ1) is 18.9. The molecule has 0 atom stereocenters. The average Bonchev–Trinajstić information content (AvgIpc) is 2.94. The zero-order valence-electron chi connectivity index (χ0n) is 15.4. The average molecular weight is 407 g/mol. The topological polar surface area (TPSA) is 49.4 Å². The lowest BCUT2D eigenvalue weighted by Crippen LogP contribution is -2.32. The van der Waals surface area contributed by atoms with Crippen molar-refractivity contribution < 1.29 is 14.0 Å². The van der Waals surface area contributed by atoms with Crippen molar-refractivity contribution >= 4 is 40.4 Å². The Balaban J connectivity index is 1.82. The van der Waals surface area contributed by atoms with Gasteiger partial charge in [-0.25, -0.2) is 9.29 Å². The van der Waals surface area contributed by atoms with Gasteiger partial charge in [0, 0.05) is 10.7 Å². The summed E-state index contributed by atoms with van der Waals surface area (Å²) in [5.41, 5.74) is 2.86. The van der Waals surface area contributed by atoms with Gasteiger partial charge in [-0.05, 0) is 55.0 Å². The molecule has 4 nitrogen and oxygen atoms in total. The van der Waals surface area contributed by atoms with E-state index in [4.69, 9.17) is 11.6 Å². The van der Waals surface area contributed by atoms with Gasteiger partial charge < -0.3 is 5.32 Å². The van der Waals surface area contributed by atoms with Crippen LogP contribution in [-0.2, 0) is 9.59 Å². The van der Waals surface area contributed by atoms with Gasteiger partial charge in [-0.1, -0.05) is 47.5 Å². The minimum atomic E-state index is -0.503. The van der Waals surface area contributed by atoms with Gasteiger partial charge in [-0.15, -0.1) is 0 Å². The fourth-order valence-electron chi connectivity index (χ4n) is 3.16. The fraction of sp³-hybridized carbons (Fsp3) is 0.0435. The molecule has 0 unspecified atom stereocenters. The smallest absolute Gasteiger partial charge is 0.282 e. The molecule has 0 aliphatic carbocycles. The molecule has 6 heteroatoms. The lowest BCUT2D eigenvalue weighted by Gasteiger charge is -2.15. The van der Waals surface area contributed by atoms with E-state index in [9.17, 15) is 14.0 Å². The Kier molecular flexibility index (Phi) is 4.91. The molecule has 3 aromatic carbocycles. The molecule has 0 aromatic heterocycles. The van der Waals surface area contributed by atoms with Gasteiger partial charge in [0.1, 0.15) is 11.5 Å². The number of imide groups is 1. The van der Waals surface area contributed by atoms with Gasteiger partial charge in [0.05, 0.1) is 11.3 Å². The number of benzene rings is 3. The van der Waals surface area contributed by atoms with Crippen LogP contribution < -0.4 is 10.2 Å². The third-order valence-corrected chi connectivity index (χ3v) is 4.84. The van der Waals surface area contributed by atoms with Gasteiger partial charge in [-0.2, -0.15) is 0 Å². The zero-order chi connectivity index (χ0) is 20.5. The monoisotopic (exact) mass is 406 g/mol. The van der Waals surface area contributed by atoms with Crippen molar-refractivity contribution in [1.82, 2.24) is 0 Å². The predicted octanol–water partition coefficient (Wildman–Crippen LogP) is 5.18. The first-order chi connectivity index (χ1) is 13.9. The summed E-state index contributed by atoms with van der Waals surface area (Å²) in [5, 5.41) is 3.48. The maximum atomic E-state index is 13.4. The molecular formula is C23H16ClFN2O2. The van der Waals surface area contributed by atoms with Gasteiger partial charge in [-0.3, -0.25) is 9.59 Å². The van der Waals surface area contributed by atoms with Gasteiger partial charge in [0.2, 0.25) is 0 Å². The molecule has 3 aromatic rings. The standard InChI is InChI=1S/C23H16ClFN2O2/c1-14-5-11-18(12-6-14)26-21-20(15-7-9-17(25)10-8-15)22(28)27(23(21)29)19-4-2-3-16(24)13-19/h2-13,26H,1H3. The molecule has 2 amide bonds. The normalized spacial score (nSPS) is 14.0. The molecule has 1 aliphatic rings. The summed E-state index contributed by atoms with van der Waals surface area (Å²) in [6.07, 6.45) is 0. The first-order valence-corrected chi connectivity index (χ1v) is 9.30. The number of carbonyl (C=O) groups excluding carboxylic acids is 2. The summed E-state index contributed by atoms with van der Waals surface area (Å²) in [6, 6.07) is 19.4. The van der Waals surface area contributed by atoms with Crippen LogP contribution in [-0.4, -0.2) is 11.8 Å². The van der Waals surface area contributed by atoms with Crippen LogP contribution >= 0.6 is 11.6 Å². The third-order valence-electron chi connectivity index (χ3n) is 4.60. The van der Waals surface area contributed by atoms with E-state index in [-0.39, 0.29) is 11.3 Å². The molecule has 0 radical (unpaired) electrons. The van der Waals surface area contributed by atoms with E-state index >= 15 is 0 Å². The molecular weight excluding hydrogens is 391 g/mol. The van der Waals surface area contributed by atoms with Crippen LogP contribution in [0.5, 0.6) is 0 Å². The van der Waals surface area contributed by atoms with Gasteiger partial charge in [0.25, 0.3) is 11.8 Å². The molecule has 1 aliphatic heterocycles. The third kappa shape index (κ3) is 3.65. The van der Waals surface area contributed by atoms with Gasteiger partial charge in [0.15, 0.2) is 0 Å². The second-order valence-electron chi connectivity index (χ2n) is 6.67. The minimum absolute atomic E-state index is 0.130. The second kappa shape index (κ2) is 7.53. The SMILES string of the molecule is Cc1ccc(NC2=C(c3ccc(F)cc3)C(=O)N(c3cccc(Cl)c3)C2=O)cc1. The molecule has 1 N–H and O–H groups in total. The van der Waals surface area contributed by atoms with Crippen molar-refractivity contribution in [1.29, 1.82) is 0 Å². The molecule has 1 heterocycles. The zero-order valence-corrected chi connectivity index (χ0v) is 16.2. The van der Waals surface area contributed by atoms with Crippen molar-refractivity contribution in [3.05, 3.63) is 100 Å². The number of hydrogen-bond donors (Lipinski definition) is 1. The van der Waals surface area contributed by atoms with Crippen LogP contribution in [0.4, 0.5) is 15.8 Å². The number of hydrogen-bond acceptors (Lipinski definition) is 3. The molecule has 29 heavy (non-hydrogen) atoms. The van der Waals surface area contributed by atoms with Crippen LogP contribution in [0, 0.1) is 12.7 Å². The molecule has 0 bridgehead atoms. The Labute approximate surface area is 172 Å². The molecule has 0 spiro atoms. The maximum Gasteiger partial charge on any atom is 0.282 e. The molecule has 0 saturated carbocycles. The predicted molar refractivity (Wildman–Crippen MR) is 112 cm³/mol. The molecule has 0 saturated heterocycles. The summed E-state index contributed by atoms with van der Waals surface area (Å²) in [7, 11) is 0. The summed E-state index contributed by atoms with van der Waals surface area (Å²) in [5.74, 6) is -1.43. The van der Waals surface area contributed by atoms with E-state index in [0.717, 1.165) is 10.5 Å². The quantitative estimate of drug-likeness (QED) is 0.607. The number of amides is 2. The highest BCUT2D eigenvalue weighted by Crippen LogP contribution is 2.34. The number of aryl methyl sites for hydroxylation is 1. The number of carbonyl (C=O) groups is 2. The van der Waals surface area contributed by atoms with E-state index in [1.807, 2.05) is 31.2 Å². The van der Waals surface area contributed by atoms with Crippen molar-refractivity contribution in [2.45, 2.75) is 6.92 Å². The Hall–Kier alpha value is -3.44. The maximum absolute atomic E-state index is 13.4. The van der Waals surface area contributed by atoms with Gasteiger partial charge >= 0.3 is 0 Å². The van der Waals surface area contributed by atoms with E-state index in [2.05, 4.69) is 5.32 Å². The lowest BCUT2D eigenvalue weighted by molar-refractivity contribution is -0.120. The van der Waals surface area contributed by atoms with E-state index in [0.29, 0.717) is 22.0 Å². The summed E-state index contributed by atoms with van der Waals surface area (Å²) in [4.78, 5) is 27.5. The van der Waals surface area contributed by atoms with Crippen LogP contribution in [0.1, 0.15) is 11.1 Å². The molecule has 144 valence electrons. The number of anilines is 2. The molecule has 0 fully saturated rings. The lowest BCUT2D eigenvalue weighted by atomic mass is 10.0.